The number of fused-ring (bicyclic) bond motifs is 1. The van der Waals surface area contributed by atoms with Gasteiger partial charge in [0, 0.05) is 20.3 Å². The fraction of sp³-hybridized carbons (Fsp3) is 0.273. The van der Waals surface area contributed by atoms with Crippen LogP contribution >= 0.6 is 0 Å². The normalized spacial score (nSPS) is 10.7. The zero-order valence-electron chi connectivity index (χ0n) is 9.34. The Morgan fingerprint density at radius 1 is 1.56 bits per heavy atom. The number of carbonyl (C=O) groups is 1. The Labute approximate surface area is 93.5 Å². The average molecular weight is 218 g/mol. The van der Waals surface area contributed by atoms with Gasteiger partial charge in [-0.15, -0.1) is 0 Å². The van der Waals surface area contributed by atoms with Gasteiger partial charge in [-0.2, -0.15) is 0 Å². The number of anilines is 1. The fourth-order valence-corrected chi connectivity index (χ4v) is 1.80. The van der Waals surface area contributed by atoms with E-state index in [0.29, 0.717) is 18.1 Å². The summed E-state index contributed by atoms with van der Waals surface area (Å²) in [5.41, 5.74) is 7.80. The molecule has 2 heterocycles. The lowest BCUT2D eigenvalue weighted by molar-refractivity contribution is 0.112. The molecule has 2 N–H and O–H groups in total. The predicted octanol–water partition coefficient (Wildman–Crippen LogP) is 0.672. The van der Waals surface area contributed by atoms with E-state index in [1.807, 2.05) is 41.7 Å². The molecule has 0 spiro atoms. The molecule has 2 aromatic heterocycles. The summed E-state index contributed by atoms with van der Waals surface area (Å²) in [7, 11) is 3.86. The second-order valence-electron chi connectivity index (χ2n) is 3.74. The van der Waals surface area contributed by atoms with Crippen molar-refractivity contribution in [3.05, 3.63) is 29.8 Å². The van der Waals surface area contributed by atoms with Crippen molar-refractivity contribution in [1.29, 1.82) is 0 Å². The van der Waals surface area contributed by atoms with Crippen LogP contribution in [0.25, 0.3) is 5.52 Å². The molecule has 16 heavy (non-hydrogen) atoms. The van der Waals surface area contributed by atoms with Gasteiger partial charge in [0.25, 0.3) is 0 Å². The summed E-state index contributed by atoms with van der Waals surface area (Å²) in [6, 6.07) is 3.86. The van der Waals surface area contributed by atoms with E-state index in [1.54, 1.807) is 0 Å². The Kier molecular flexibility index (Phi) is 2.62. The molecule has 0 unspecified atom stereocenters. The Balaban J connectivity index is 2.84. The average Bonchev–Trinajstić information content (AvgIpc) is 2.66. The molecule has 5 heteroatoms. The minimum absolute atomic E-state index is 0.311. The maximum absolute atomic E-state index is 11.0. The van der Waals surface area contributed by atoms with Crippen molar-refractivity contribution in [2.75, 3.05) is 19.0 Å². The predicted molar refractivity (Wildman–Crippen MR) is 62.8 cm³/mol. The maximum atomic E-state index is 11.0. The number of nitrogens with two attached hydrogens (primary N) is 1. The van der Waals surface area contributed by atoms with Gasteiger partial charge < -0.3 is 15.0 Å². The molecule has 0 bridgehead atoms. The molecule has 0 fully saturated rings. The minimum atomic E-state index is 0.311. The highest BCUT2D eigenvalue weighted by Gasteiger charge is 2.13. The van der Waals surface area contributed by atoms with Crippen molar-refractivity contribution in [1.82, 2.24) is 9.38 Å². The topological polar surface area (TPSA) is 63.6 Å². The fourth-order valence-electron chi connectivity index (χ4n) is 1.80. The number of aldehydes is 1. The van der Waals surface area contributed by atoms with Gasteiger partial charge in [-0.1, -0.05) is 0 Å². The van der Waals surface area contributed by atoms with Crippen molar-refractivity contribution in [3.63, 3.8) is 0 Å². The van der Waals surface area contributed by atoms with Crippen LogP contribution in [0, 0.1) is 0 Å². The minimum Gasteiger partial charge on any atom is -0.376 e. The Bertz CT molecular complexity index is 530. The SMILES string of the molecule is CN(C)c1cccn2c(CN)nc(C=O)c12. The Hall–Kier alpha value is -1.88. The van der Waals surface area contributed by atoms with Crippen LogP contribution in [0.15, 0.2) is 18.3 Å². The number of hydrogen-bond acceptors (Lipinski definition) is 4. The second kappa shape index (κ2) is 3.94. The molecule has 2 aromatic rings. The van der Waals surface area contributed by atoms with Crippen molar-refractivity contribution in [3.8, 4) is 0 Å². The summed E-state index contributed by atoms with van der Waals surface area (Å²) in [6.07, 6.45) is 2.63. The molecule has 0 saturated carbocycles. The molecular formula is C11H14N4O. The maximum Gasteiger partial charge on any atom is 0.170 e. The molecule has 0 aliphatic carbocycles. The summed E-state index contributed by atoms with van der Waals surface area (Å²) in [5.74, 6) is 0.695. The number of rotatable bonds is 3. The van der Waals surface area contributed by atoms with Crippen LogP contribution in [0.3, 0.4) is 0 Å². The highest BCUT2D eigenvalue weighted by Crippen LogP contribution is 2.23. The van der Waals surface area contributed by atoms with Gasteiger partial charge in [0.05, 0.1) is 17.7 Å². The van der Waals surface area contributed by atoms with E-state index in [0.717, 1.165) is 17.5 Å². The number of imidazole rings is 1. The van der Waals surface area contributed by atoms with Crippen molar-refractivity contribution >= 4 is 17.5 Å². The first kappa shape index (κ1) is 10.6. The summed E-state index contributed by atoms with van der Waals surface area (Å²) in [6.45, 7) is 0.311. The van der Waals surface area contributed by atoms with Crippen molar-refractivity contribution in [2.45, 2.75) is 6.54 Å². The first-order valence-electron chi connectivity index (χ1n) is 5.01. The summed E-state index contributed by atoms with van der Waals surface area (Å²) < 4.78 is 1.86. The van der Waals surface area contributed by atoms with E-state index in [-0.39, 0.29) is 0 Å². The standard InChI is InChI=1S/C11H14N4O/c1-14(2)9-4-3-5-15-10(6-12)13-8(7-16)11(9)15/h3-5,7H,6,12H2,1-2H3. The molecule has 0 atom stereocenters. The third kappa shape index (κ3) is 1.45. The molecule has 5 nitrogen and oxygen atoms in total. The largest absolute Gasteiger partial charge is 0.376 e. The van der Waals surface area contributed by atoms with Gasteiger partial charge in [0.2, 0.25) is 0 Å². The molecule has 0 aromatic carbocycles. The van der Waals surface area contributed by atoms with Gasteiger partial charge in [0.15, 0.2) is 6.29 Å². The highest BCUT2D eigenvalue weighted by atomic mass is 16.1. The molecule has 0 aliphatic heterocycles. The lowest BCUT2D eigenvalue weighted by atomic mass is 10.3. The van der Waals surface area contributed by atoms with E-state index in [1.165, 1.54) is 0 Å². The summed E-state index contributed by atoms with van der Waals surface area (Å²) >= 11 is 0. The van der Waals surface area contributed by atoms with E-state index >= 15 is 0 Å². The summed E-state index contributed by atoms with van der Waals surface area (Å²) in [5, 5.41) is 0. The van der Waals surface area contributed by atoms with E-state index in [2.05, 4.69) is 4.98 Å². The molecule has 0 saturated heterocycles. The van der Waals surface area contributed by atoms with Crippen LogP contribution in [0.5, 0.6) is 0 Å². The zero-order chi connectivity index (χ0) is 11.7. The first-order chi connectivity index (χ1) is 7.69. The lowest BCUT2D eigenvalue weighted by Crippen LogP contribution is -2.11. The number of aromatic nitrogens is 2. The van der Waals surface area contributed by atoms with E-state index < -0.39 is 0 Å². The molecule has 84 valence electrons. The quantitative estimate of drug-likeness (QED) is 0.769. The van der Waals surface area contributed by atoms with E-state index in [4.69, 9.17) is 5.73 Å². The third-order valence-electron chi connectivity index (χ3n) is 2.52. The van der Waals surface area contributed by atoms with Gasteiger partial charge in [-0.3, -0.25) is 4.79 Å². The number of hydrogen-bond donors (Lipinski definition) is 1. The Morgan fingerprint density at radius 3 is 2.88 bits per heavy atom. The zero-order valence-corrected chi connectivity index (χ0v) is 9.34. The second-order valence-corrected chi connectivity index (χ2v) is 3.74. The molecule has 0 radical (unpaired) electrons. The van der Waals surface area contributed by atoms with Gasteiger partial charge in [-0.05, 0) is 12.1 Å². The molecular weight excluding hydrogens is 204 g/mol. The van der Waals surface area contributed by atoms with Crippen LogP contribution in [0.4, 0.5) is 5.69 Å². The van der Waals surface area contributed by atoms with Crippen LogP contribution in [-0.4, -0.2) is 29.8 Å². The van der Waals surface area contributed by atoms with Gasteiger partial charge in [0.1, 0.15) is 11.5 Å². The smallest absolute Gasteiger partial charge is 0.170 e. The molecule has 2 rings (SSSR count). The van der Waals surface area contributed by atoms with Crippen LogP contribution in [-0.2, 0) is 6.54 Å². The Morgan fingerprint density at radius 2 is 2.31 bits per heavy atom. The molecule has 0 amide bonds. The number of nitrogens with zero attached hydrogens (tertiary/aromatic N) is 3. The van der Waals surface area contributed by atoms with Crippen molar-refractivity contribution in [2.24, 2.45) is 5.73 Å². The van der Waals surface area contributed by atoms with E-state index in [9.17, 15) is 4.79 Å². The first-order valence-corrected chi connectivity index (χ1v) is 5.01. The number of carbonyl (C=O) groups excluding carboxylic acids is 1. The van der Waals surface area contributed by atoms with Crippen LogP contribution < -0.4 is 10.6 Å². The van der Waals surface area contributed by atoms with Crippen molar-refractivity contribution < 1.29 is 4.79 Å². The van der Waals surface area contributed by atoms with Gasteiger partial charge >= 0.3 is 0 Å². The van der Waals surface area contributed by atoms with Crippen LogP contribution in [0.2, 0.25) is 0 Å². The highest BCUT2D eigenvalue weighted by molar-refractivity contribution is 5.91. The van der Waals surface area contributed by atoms with Crippen LogP contribution in [0.1, 0.15) is 16.3 Å². The lowest BCUT2D eigenvalue weighted by Gasteiger charge is -2.14. The molecule has 0 aliphatic rings. The number of pyridine rings is 1. The summed E-state index contributed by atoms with van der Waals surface area (Å²) in [4.78, 5) is 17.2. The third-order valence-corrected chi connectivity index (χ3v) is 2.52. The van der Waals surface area contributed by atoms with Gasteiger partial charge in [-0.25, -0.2) is 4.98 Å². The monoisotopic (exact) mass is 218 g/mol.